The maximum absolute atomic E-state index is 11.6. The smallest absolute Gasteiger partial charge is 0.223 e. The van der Waals surface area contributed by atoms with E-state index >= 15 is 0 Å². The van der Waals surface area contributed by atoms with Gasteiger partial charge in [-0.25, -0.2) is 0 Å². The molecule has 0 unspecified atom stereocenters. The molecule has 1 saturated carbocycles. The second-order valence-electron chi connectivity index (χ2n) is 6.14. The molecule has 0 saturated heterocycles. The van der Waals surface area contributed by atoms with Gasteiger partial charge in [0.1, 0.15) is 0 Å². The number of carbonyl (C=O) groups is 1. The van der Waals surface area contributed by atoms with Crippen LogP contribution in [0.5, 0.6) is 0 Å². The topological polar surface area (TPSA) is 23.6 Å². The van der Waals surface area contributed by atoms with E-state index in [4.69, 9.17) is 0 Å². The number of carbonyl (C=O) groups excluding carboxylic acids is 1. The molecule has 0 atom stereocenters. The average molecular weight is 272 g/mol. The van der Waals surface area contributed by atoms with Crippen LogP contribution in [0.1, 0.15) is 44.6 Å². The third-order valence-electron chi connectivity index (χ3n) is 4.87. The van der Waals surface area contributed by atoms with E-state index < -0.39 is 0 Å². The molecule has 1 aromatic rings. The second-order valence-corrected chi connectivity index (χ2v) is 6.14. The largest absolute Gasteiger partial charge is 0.372 e. The lowest BCUT2D eigenvalue weighted by Crippen LogP contribution is -2.33. The van der Waals surface area contributed by atoms with Gasteiger partial charge in [-0.15, -0.1) is 0 Å². The van der Waals surface area contributed by atoms with Gasteiger partial charge in [0.05, 0.1) is 0 Å². The normalized spacial score (nSPS) is 19.0. The lowest BCUT2D eigenvalue weighted by atomic mass is 9.94. The van der Waals surface area contributed by atoms with Crippen LogP contribution in [0.4, 0.5) is 11.4 Å². The first-order chi connectivity index (χ1) is 9.66. The van der Waals surface area contributed by atoms with Crippen LogP contribution in [-0.4, -0.2) is 25.5 Å². The minimum absolute atomic E-state index is 0.150. The fourth-order valence-electron chi connectivity index (χ4n) is 3.61. The van der Waals surface area contributed by atoms with Crippen LogP contribution in [0.2, 0.25) is 0 Å². The number of benzene rings is 1. The summed E-state index contributed by atoms with van der Waals surface area (Å²) in [6, 6.07) is 7.27. The summed E-state index contributed by atoms with van der Waals surface area (Å²) < 4.78 is 0. The number of fused-ring (bicyclic) bond motifs is 1. The number of anilines is 2. The van der Waals surface area contributed by atoms with Crippen molar-refractivity contribution >= 4 is 17.3 Å². The minimum atomic E-state index is 0.150. The summed E-state index contributed by atoms with van der Waals surface area (Å²) in [5, 5.41) is 0. The minimum Gasteiger partial charge on any atom is -0.372 e. The van der Waals surface area contributed by atoms with E-state index in [0.29, 0.717) is 6.04 Å². The van der Waals surface area contributed by atoms with E-state index in [1.54, 1.807) is 6.92 Å². The SMILES string of the molecule is CC(=O)N1CCc2cc(N(C)C3CCCCC3)ccc21. The van der Waals surface area contributed by atoms with Gasteiger partial charge in [-0.2, -0.15) is 0 Å². The van der Waals surface area contributed by atoms with Crippen molar-refractivity contribution in [3.8, 4) is 0 Å². The molecule has 0 spiro atoms. The van der Waals surface area contributed by atoms with Crippen molar-refractivity contribution in [3.63, 3.8) is 0 Å². The van der Waals surface area contributed by atoms with Crippen molar-refractivity contribution in [1.82, 2.24) is 0 Å². The zero-order valence-corrected chi connectivity index (χ0v) is 12.6. The van der Waals surface area contributed by atoms with E-state index in [2.05, 4.69) is 30.1 Å². The van der Waals surface area contributed by atoms with E-state index in [1.165, 1.54) is 43.4 Å². The molecule has 1 amide bonds. The molecule has 108 valence electrons. The summed E-state index contributed by atoms with van der Waals surface area (Å²) in [7, 11) is 2.22. The molecule has 1 heterocycles. The van der Waals surface area contributed by atoms with Crippen molar-refractivity contribution in [1.29, 1.82) is 0 Å². The van der Waals surface area contributed by atoms with Crippen molar-refractivity contribution in [2.75, 3.05) is 23.4 Å². The third kappa shape index (κ3) is 2.41. The molecule has 1 aromatic carbocycles. The van der Waals surface area contributed by atoms with Crippen LogP contribution in [-0.2, 0) is 11.2 Å². The molecule has 0 aromatic heterocycles. The molecule has 1 fully saturated rings. The highest BCUT2D eigenvalue weighted by Crippen LogP contribution is 2.33. The van der Waals surface area contributed by atoms with Gasteiger partial charge in [0, 0.05) is 37.9 Å². The van der Waals surface area contributed by atoms with Crippen molar-refractivity contribution in [3.05, 3.63) is 23.8 Å². The van der Waals surface area contributed by atoms with Crippen molar-refractivity contribution in [2.24, 2.45) is 0 Å². The predicted molar refractivity (Wildman–Crippen MR) is 83.4 cm³/mol. The lowest BCUT2D eigenvalue weighted by Gasteiger charge is -2.33. The van der Waals surface area contributed by atoms with Gasteiger partial charge in [0.2, 0.25) is 5.91 Å². The molecular formula is C17H24N2O. The Bertz CT molecular complexity index is 506. The van der Waals surface area contributed by atoms with Crippen LogP contribution in [0.25, 0.3) is 0 Å². The van der Waals surface area contributed by atoms with Gasteiger partial charge >= 0.3 is 0 Å². The van der Waals surface area contributed by atoms with Gasteiger partial charge < -0.3 is 9.80 Å². The summed E-state index contributed by atoms with van der Waals surface area (Å²) >= 11 is 0. The van der Waals surface area contributed by atoms with Crippen LogP contribution in [0.15, 0.2) is 18.2 Å². The zero-order chi connectivity index (χ0) is 14.1. The Kier molecular flexibility index (Phi) is 3.68. The molecule has 1 aliphatic heterocycles. The Morgan fingerprint density at radius 3 is 2.70 bits per heavy atom. The van der Waals surface area contributed by atoms with Gasteiger partial charge in [-0.1, -0.05) is 19.3 Å². The monoisotopic (exact) mass is 272 g/mol. The molecule has 3 nitrogen and oxygen atoms in total. The maximum Gasteiger partial charge on any atom is 0.223 e. The molecule has 20 heavy (non-hydrogen) atoms. The summed E-state index contributed by atoms with van der Waals surface area (Å²) in [6.45, 7) is 2.48. The number of hydrogen-bond donors (Lipinski definition) is 0. The van der Waals surface area contributed by atoms with E-state index in [-0.39, 0.29) is 5.91 Å². The zero-order valence-electron chi connectivity index (χ0n) is 12.6. The predicted octanol–water partition coefficient (Wildman–Crippen LogP) is 3.36. The van der Waals surface area contributed by atoms with Gasteiger partial charge in [-0.05, 0) is 43.0 Å². The molecule has 3 heteroatoms. The molecular weight excluding hydrogens is 248 g/mol. The maximum atomic E-state index is 11.6. The highest BCUT2D eigenvalue weighted by molar-refractivity contribution is 5.94. The Morgan fingerprint density at radius 1 is 1.25 bits per heavy atom. The van der Waals surface area contributed by atoms with E-state index in [0.717, 1.165) is 18.7 Å². The molecule has 0 bridgehead atoms. The Labute approximate surface area is 121 Å². The molecule has 0 N–H and O–H groups in total. The number of nitrogens with zero attached hydrogens (tertiary/aromatic N) is 2. The molecule has 2 aliphatic rings. The van der Waals surface area contributed by atoms with E-state index in [9.17, 15) is 4.79 Å². The first kappa shape index (κ1) is 13.5. The van der Waals surface area contributed by atoms with Crippen molar-refractivity contribution < 1.29 is 4.79 Å². The van der Waals surface area contributed by atoms with Crippen LogP contribution in [0, 0.1) is 0 Å². The summed E-state index contributed by atoms with van der Waals surface area (Å²) in [5.74, 6) is 0.150. The quantitative estimate of drug-likeness (QED) is 0.824. The van der Waals surface area contributed by atoms with Crippen LogP contribution in [0.3, 0.4) is 0 Å². The average Bonchev–Trinajstić information content (AvgIpc) is 2.90. The summed E-state index contributed by atoms with van der Waals surface area (Å²) in [4.78, 5) is 15.9. The van der Waals surface area contributed by atoms with E-state index in [1.807, 2.05) is 4.90 Å². The Balaban J connectivity index is 1.80. The lowest BCUT2D eigenvalue weighted by molar-refractivity contribution is -0.116. The van der Waals surface area contributed by atoms with Gasteiger partial charge in [-0.3, -0.25) is 4.79 Å². The fourth-order valence-corrected chi connectivity index (χ4v) is 3.61. The van der Waals surface area contributed by atoms with Crippen LogP contribution < -0.4 is 9.80 Å². The Morgan fingerprint density at radius 2 is 2.00 bits per heavy atom. The third-order valence-corrected chi connectivity index (χ3v) is 4.87. The van der Waals surface area contributed by atoms with Crippen LogP contribution >= 0.6 is 0 Å². The summed E-state index contributed by atoms with van der Waals surface area (Å²) in [5.41, 5.74) is 3.74. The first-order valence-corrected chi connectivity index (χ1v) is 7.80. The van der Waals surface area contributed by atoms with Crippen molar-refractivity contribution in [2.45, 2.75) is 51.5 Å². The molecule has 0 radical (unpaired) electrons. The van der Waals surface area contributed by atoms with Gasteiger partial charge in [0.25, 0.3) is 0 Å². The number of hydrogen-bond acceptors (Lipinski definition) is 2. The fraction of sp³-hybridized carbons (Fsp3) is 0.588. The standard InChI is InChI=1S/C17H24N2O/c1-13(20)19-11-10-14-12-16(8-9-17(14)19)18(2)15-6-4-3-5-7-15/h8-9,12,15H,3-7,10-11H2,1-2H3. The summed E-state index contributed by atoms with van der Waals surface area (Å²) in [6.07, 6.45) is 7.72. The molecule has 3 rings (SSSR count). The number of amides is 1. The first-order valence-electron chi connectivity index (χ1n) is 7.80. The van der Waals surface area contributed by atoms with Gasteiger partial charge in [0.15, 0.2) is 0 Å². The highest BCUT2D eigenvalue weighted by atomic mass is 16.2. The molecule has 1 aliphatic carbocycles. The Hall–Kier alpha value is -1.51. The second kappa shape index (κ2) is 5.47. The highest BCUT2D eigenvalue weighted by Gasteiger charge is 2.24. The number of rotatable bonds is 2.